The molecule has 0 N–H and O–H groups in total. The second-order valence-electron chi connectivity index (χ2n) is 6.80. The summed E-state index contributed by atoms with van der Waals surface area (Å²) in [5.41, 5.74) is 1.23. The van der Waals surface area contributed by atoms with E-state index in [1.807, 2.05) is 26.8 Å². The van der Waals surface area contributed by atoms with Gasteiger partial charge in [0.15, 0.2) is 5.75 Å². The molecule has 0 bridgehead atoms. The van der Waals surface area contributed by atoms with Gasteiger partial charge in [0.05, 0.1) is 19.5 Å². The first-order valence-corrected chi connectivity index (χ1v) is 8.18. The number of hydrogen-bond donors (Lipinski definition) is 0. The van der Waals surface area contributed by atoms with Gasteiger partial charge >= 0.3 is 0 Å². The van der Waals surface area contributed by atoms with Crippen molar-refractivity contribution in [2.45, 2.75) is 26.2 Å². The molecule has 1 aromatic carbocycles. The molecule has 134 valence electrons. The molecule has 0 saturated carbocycles. The van der Waals surface area contributed by atoms with E-state index in [0.29, 0.717) is 28.5 Å². The number of pyridine rings is 1. The summed E-state index contributed by atoms with van der Waals surface area (Å²) in [6.07, 6.45) is 4.86. The third kappa shape index (κ3) is 3.79. The SMILES string of the molecule is COc1cc(F)ccc1-c1cccnc1Oc1cnc(C(C)(C)C)nc1. The molecule has 26 heavy (non-hydrogen) atoms. The van der Waals surface area contributed by atoms with Gasteiger partial charge in [0, 0.05) is 28.8 Å². The van der Waals surface area contributed by atoms with E-state index in [1.54, 1.807) is 30.7 Å². The maximum Gasteiger partial charge on any atom is 0.227 e. The number of nitrogens with zero attached hydrogens (tertiary/aromatic N) is 3. The van der Waals surface area contributed by atoms with Crippen LogP contribution in [-0.4, -0.2) is 22.1 Å². The number of ether oxygens (including phenoxy) is 2. The monoisotopic (exact) mass is 353 g/mol. The van der Waals surface area contributed by atoms with Gasteiger partial charge in [-0.05, 0) is 24.3 Å². The van der Waals surface area contributed by atoms with Gasteiger partial charge in [0.1, 0.15) is 17.4 Å². The van der Waals surface area contributed by atoms with Crippen LogP contribution in [0, 0.1) is 5.82 Å². The van der Waals surface area contributed by atoms with Gasteiger partial charge in [-0.15, -0.1) is 0 Å². The normalized spacial score (nSPS) is 11.3. The lowest BCUT2D eigenvalue weighted by Gasteiger charge is -2.16. The molecule has 0 fully saturated rings. The summed E-state index contributed by atoms with van der Waals surface area (Å²) < 4.78 is 24.7. The summed E-state index contributed by atoms with van der Waals surface area (Å²) in [5.74, 6) is 1.60. The van der Waals surface area contributed by atoms with Gasteiger partial charge in [-0.3, -0.25) is 0 Å². The van der Waals surface area contributed by atoms with Gasteiger partial charge in [0.25, 0.3) is 0 Å². The van der Waals surface area contributed by atoms with Crippen LogP contribution in [0.5, 0.6) is 17.4 Å². The molecule has 0 amide bonds. The van der Waals surface area contributed by atoms with E-state index in [-0.39, 0.29) is 11.2 Å². The number of aromatic nitrogens is 3. The molecule has 3 aromatic rings. The van der Waals surface area contributed by atoms with Gasteiger partial charge in [-0.2, -0.15) is 0 Å². The van der Waals surface area contributed by atoms with Crippen LogP contribution < -0.4 is 9.47 Å². The highest BCUT2D eigenvalue weighted by Gasteiger charge is 2.18. The lowest BCUT2D eigenvalue weighted by molar-refractivity contribution is 0.412. The van der Waals surface area contributed by atoms with Crippen LogP contribution in [0.1, 0.15) is 26.6 Å². The fraction of sp³-hybridized carbons (Fsp3) is 0.250. The maximum atomic E-state index is 13.5. The Morgan fingerprint density at radius 3 is 2.35 bits per heavy atom. The molecule has 0 radical (unpaired) electrons. The molecule has 0 aliphatic carbocycles. The van der Waals surface area contributed by atoms with E-state index in [4.69, 9.17) is 9.47 Å². The predicted molar refractivity (Wildman–Crippen MR) is 97.0 cm³/mol. The van der Waals surface area contributed by atoms with Crippen molar-refractivity contribution in [3.8, 4) is 28.5 Å². The molecule has 0 unspecified atom stereocenters. The van der Waals surface area contributed by atoms with Gasteiger partial charge in [-0.25, -0.2) is 19.3 Å². The van der Waals surface area contributed by atoms with E-state index in [9.17, 15) is 4.39 Å². The average molecular weight is 353 g/mol. The van der Waals surface area contributed by atoms with E-state index >= 15 is 0 Å². The van der Waals surface area contributed by atoms with Crippen molar-refractivity contribution >= 4 is 0 Å². The summed E-state index contributed by atoms with van der Waals surface area (Å²) in [7, 11) is 1.49. The third-order valence-electron chi connectivity index (χ3n) is 3.74. The molecule has 2 aromatic heterocycles. The smallest absolute Gasteiger partial charge is 0.227 e. The summed E-state index contributed by atoms with van der Waals surface area (Å²) in [6.45, 7) is 6.13. The highest BCUT2D eigenvalue weighted by Crippen LogP contribution is 2.37. The summed E-state index contributed by atoms with van der Waals surface area (Å²) in [6, 6.07) is 7.95. The molecule has 6 heteroatoms. The van der Waals surface area contributed by atoms with E-state index in [1.165, 1.54) is 19.2 Å². The Kier molecular flexibility index (Phi) is 4.84. The van der Waals surface area contributed by atoms with Crippen LogP contribution in [0.2, 0.25) is 0 Å². The molecule has 2 heterocycles. The topological polar surface area (TPSA) is 57.1 Å². The number of methoxy groups -OCH3 is 1. The van der Waals surface area contributed by atoms with E-state index in [2.05, 4.69) is 15.0 Å². The maximum absolute atomic E-state index is 13.5. The van der Waals surface area contributed by atoms with Crippen molar-refractivity contribution in [3.63, 3.8) is 0 Å². The van der Waals surface area contributed by atoms with Gasteiger partial charge < -0.3 is 9.47 Å². The molecular formula is C20H20FN3O2. The predicted octanol–water partition coefficient (Wildman–Crippen LogP) is 4.78. The van der Waals surface area contributed by atoms with Crippen molar-refractivity contribution in [3.05, 3.63) is 60.6 Å². The van der Waals surface area contributed by atoms with Crippen molar-refractivity contribution < 1.29 is 13.9 Å². The largest absolute Gasteiger partial charge is 0.496 e. The average Bonchev–Trinajstić information content (AvgIpc) is 2.62. The minimum absolute atomic E-state index is 0.143. The molecule has 3 rings (SSSR count). The zero-order valence-electron chi connectivity index (χ0n) is 15.2. The van der Waals surface area contributed by atoms with Crippen LogP contribution >= 0.6 is 0 Å². The second-order valence-corrected chi connectivity index (χ2v) is 6.80. The van der Waals surface area contributed by atoms with E-state index < -0.39 is 0 Å². The first-order valence-electron chi connectivity index (χ1n) is 8.18. The Morgan fingerprint density at radius 2 is 1.69 bits per heavy atom. The number of hydrogen-bond acceptors (Lipinski definition) is 5. The summed E-state index contributed by atoms with van der Waals surface area (Å²) in [5, 5.41) is 0. The zero-order chi connectivity index (χ0) is 18.7. The summed E-state index contributed by atoms with van der Waals surface area (Å²) >= 11 is 0. The molecular weight excluding hydrogens is 333 g/mol. The molecule has 0 atom stereocenters. The van der Waals surface area contributed by atoms with Crippen LogP contribution in [0.25, 0.3) is 11.1 Å². The third-order valence-corrected chi connectivity index (χ3v) is 3.74. The minimum Gasteiger partial charge on any atom is -0.496 e. The Balaban J connectivity index is 1.96. The number of halogens is 1. The molecule has 0 saturated heterocycles. The minimum atomic E-state index is -0.372. The lowest BCUT2D eigenvalue weighted by atomic mass is 9.96. The van der Waals surface area contributed by atoms with Crippen molar-refractivity contribution in [1.29, 1.82) is 0 Å². The standard InChI is InChI=1S/C20H20FN3O2/c1-20(2,3)19-23-11-14(12-24-19)26-18-16(6-5-9-22-18)15-8-7-13(21)10-17(15)25-4/h5-12H,1-4H3. The van der Waals surface area contributed by atoms with Crippen LogP contribution in [0.15, 0.2) is 48.9 Å². The zero-order valence-corrected chi connectivity index (χ0v) is 15.2. The van der Waals surface area contributed by atoms with Crippen molar-refractivity contribution in [1.82, 2.24) is 15.0 Å². The number of benzene rings is 1. The van der Waals surface area contributed by atoms with Crippen LogP contribution in [-0.2, 0) is 5.41 Å². The Labute approximate surface area is 151 Å². The fourth-order valence-electron chi connectivity index (χ4n) is 2.43. The Morgan fingerprint density at radius 1 is 0.962 bits per heavy atom. The highest BCUT2D eigenvalue weighted by molar-refractivity contribution is 5.74. The first kappa shape index (κ1) is 17.8. The van der Waals surface area contributed by atoms with Crippen molar-refractivity contribution in [2.24, 2.45) is 0 Å². The molecule has 5 nitrogen and oxygen atoms in total. The molecule has 0 aliphatic rings. The van der Waals surface area contributed by atoms with E-state index in [0.717, 1.165) is 5.82 Å². The molecule has 0 spiro atoms. The summed E-state index contributed by atoms with van der Waals surface area (Å²) in [4.78, 5) is 13.0. The lowest BCUT2D eigenvalue weighted by Crippen LogP contribution is -2.15. The Bertz CT molecular complexity index is 906. The van der Waals surface area contributed by atoms with Gasteiger partial charge in [0.2, 0.25) is 5.88 Å². The van der Waals surface area contributed by atoms with Crippen LogP contribution in [0.3, 0.4) is 0 Å². The molecule has 0 aliphatic heterocycles. The van der Waals surface area contributed by atoms with Crippen molar-refractivity contribution in [2.75, 3.05) is 7.11 Å². The fourth-order valence-corrected chi connectivity index (χ4v) is 2.43. The first-order chi connectivity index (χ1) is 12.4. The highest BCUT2D eigenvalue weighted by atomic mass is 19.1. The van der Waals surface area contributed by atoms with Crippen LogP contribution in [0.4, 0.5) is 4.39 Å². The second kappa shape index (κ2) is 7.07. The quantitative estimate of drug-likeness (QED) is 0.676. The Hall–Kier alpha value is -3.02. The van der Waals surface area contributed by atoms with Gasteiger partial charge in [-0.1, -0.05) is 20.8 Å². The number of rotatable bonds is 4.